The number of nitrogens with one attached hydrogen (secondary N) is 2. The topological polar surface area (TPSA) is 60.0 Å². The van der Waals surface area contributed by atoms with Gasteiger partial charge in [-0.25, -0.2) is 0 Å². The summed E-state index contributed by atoms with van der Waals surface area (Å²) in [6.45, 7) is 9.39. The monoisotopic (exact) mass is 361 g/mol. The van der Waals surface area contributed by atoms with Crippen LogP contribution in [0.25, 0.3) is 0 Å². The zero-order chi connectivity index (χ0) is 19.4. The molecule has 0 radical (unpaired) electrons. The number of hydrogen-bond donors (Lipinski definition) is 2. The Labute approximate surface area is 158 Å². The van der Waals surface area contributed by atoms with Gasteiger partial charge in [-0.15, -0.1) is 0 Å². The van der Waals surface area contributed by atoms with Crippen LogP contribution >= 0.6 is 0 Å². The molecule has 146 valence electrons. The minimum absolute atomic E-state index is 0.0201. The molecule has 26 heavy (non-hydrogen) atoms. The highest BCUT2D eigenvalue weighted by Crippen LogP contribution is 2.06. The number of carbonyl (C=O) groups excluding carboxylic acids is 1. The molecule has 0 saturated heterocycles. The van der Waals surface area contributed by atoms with Gasteiger partial charge in [0.15, 0.2) is 5.96 Å². The van der Waals surface area contributed by atoms with E-state index in [1.807, 2.05) is 24.3 Å². The molecule has 0 aromatic heterocycles. The fourth-order valence-electron chi connectivity index (χ4n) is 2.64. The second-order valence-electron chi connectivity index (χ2n) is 6.48. The molecule has 0 bridgehead atoms. The van der Waals surface area contributed by atoms with E-state index in [1.165, 1.54) is 6.42 Å². The number of unbranched alkanes of at least 4 members (excludes halogenated alkanes) is 1. The highest BCUT2D eigenvalue weighted by Gasteiger charge is 2.07. The number of amides is 1. The third-order valence-electron chi connectivity index (χ3n) is 4.38. The number of benzene rings is 1. The van der Waals surface area contributed by atoms with Gasteiger partial charge in [0.1, 0.15) is 0 Å². The first-order chi connectivity index (χ1) is 12.5. The van der Waals surface area contributed by atoms with Crippen molar-refractivity contribution in [2.45, 2.75) is 33.2 Å². The van der Waals surface area contributed by atoms with Crippen molar-refractivity contribution in [3.63, 3.8) is 0 Å². The number of hydrogen-bond acceptors (Lipinski definition) is 3. The molecule has 0 spiro atoms. The van der Waals surface area contributed by atoms with E-state index in [9.17, 15) is 4.79 Å². The standard InChI is InChI=1S/C20H35N5O/c1-6-25(7-2)15-9-8-14-22-20(21-3)23-16-17-10-12-18(13-11-17)19(26)24(4)5/h10-13H,6-9,14-16H2,1-5H3,(H2,21,22,23). The van der Waals surface area contributed by atoms with Crippen LogP contribution in [0.5, 0.6) is 0 Å². The maximum atomic E-state index is 11.9. The predicted octanol–water partition coefficient (Wildman–Crippen LogP) is 2.18. The van der Waals surface area contributed by atoms with Gasteiger partial charge in [0.05, 0.1) is 0 Å². The van der Waals surface area contributed by atoms with E-state index in [1.54, 1.807) is 26.0 Å². The normalized spacial score (nSPS) is 11.5. The fraction of sp³-hybridized carbons (Fsp3) is 0.600. The van der Waals surface area contributed by atoms with Gasteiger partial charge in [-0.05, 0) is 50.2 Å². The molecule has 6 heteroatoms. The summed E-state index contributed by atoms with van der Waals surface area (Å²) in [6.07, 6.45) is 2.31. The lowest BCUT2D eigenvalue weighted by Gasteiger charge is -2.18. The quantitative estimate of drug-likeness (QED) is 0.381. The van der Waals surface area contributed by atoms with Crippen molar-refractivity contribution in [3.8, 4) is 0 Å². The van der Waals surface area contributed by atoms with E-state index in [-0.39, 0.29) is 5.91 Å². The van der Waals surface area contributed by atoms with E-state index in [0.717, 1.165) is 44.1 Å². The molecule has 1 amide bonds. The van der Waals surface area contributed by atoms with E-state index in [4.69, 9.17) is 0 Å². The Morgan fingerprint density at radius 3 is 2.23 bits per heavy atom. The van der Waals surface area contributed by atoms with Crippen LogP contribution in [0.15, 0.2) is 29.3 Å². The van der Waals surface area contributed by atoms with Gasteiger partial charge in [0.2, 0.25) is 0 Å². The molecule has 0 fully saturated rings. The first-order valence-electron chi connectivity index (χ1n) is 9.49. The lowest BCUT2D eigenvalue weighted by molar-refractivity contribution is 0.0827. The van der Waals surface area contributed by atoms with Crippen molar-refractivity contribution in [1.29, 1.82) is 0 Å². The Balaban J connectivity index is 2.32. The van der Waals surface area contributed by atoms with Gasteiger partial charge in [-0.2, -0.15) is 0 Å². The largest absolute Gasteiger partial charge is 0.356 e. The minimum atomic E-state index is 0.0201. The van der Waals surface area contributed by atoms with Crippen molar-refractivity contribution in [2.24, 2.45) is 4.99 Å². The molecule has 0 atom stereocenters. The molecule has 1 aromatic rings. The Kier molecular flexibility index (Phi) is 10.4. The molecule has 2 N–H and O–H groups in total. The molecule has 0 aliphatic heterocycles. The van der Waals surface area contributed by atoms with E-state index < -0.39 is 0 Å². The first-order valence-corrected chi connectivity index (χ1v) is 9.49. The Morgan fingerprint density at radius 1 is 1.04 bits per heavy atom. The lowest BCUT2D eigenvalue weighted by Crippen LogP contribution is -2.37. The second-order valence-corrected chi connectivity index (χ2v) is 6.48. The van der Waals surface area contributed by atoms with Crippen LogP contribution in [0.1, 0.15) is 42.6 Å². The molecular formula is C20H35N5O. The zero-order valence-electron chi connectivity index (χ0n) is 17.0. The van der Waals surface area contributed by atoms with Crippen LogP contribution in [0.3, 0.4) is 0 Å². The van der Waals surface area contributed by atoms with Gasteiger partial charge in [-0.1, -0.05) is 26.0 Å². The number of aliphatic imine (C=N–C) groups is 1. The molecule has 0 aliphatic carbocycles. The third kappa shape index (κ3) is 7.87. The van der Waals surface area contributed by atoms with Crippen molar-refractivity contribution in [3.05, 3.63) is 35.4 Å². The van der Waals surface area contributed by atoms with E-state index >= 15 is 0 Å². The Bertz CT molecular complexity index is 550. The van der Waals surface area contributed by atoms with Crippen molar-refractivity contribution < 1.29 is 4.79 Å². The van der Waals surface area contributed by atoms with Crippen molar-refractivity contribution >= 4 is 11.9 Å². The van der Waals surface area contributed by atoms with Crippen molar-refractivity contribution in [1.82, 2.24) is 20.4 Å². The molecule has 0 saturated carbocycles. The lowest BCUT2D eigenvalue weighted by atomic mass is 10.1. The molecular weight excluding hydrogens is 326 g/mol. The summed E-state index contributed by atoms with van der Waals surface area (Å²) in [5.41, 5.74) is 1.82. The third-order valence-corrected chi connectivity index (χ3v) is 4.38. The fourth-order valence-corrected chi connectivity index (χ4v) is 2.64. The molecule has 1 aromatic carbocycles. The maximum Gasteiger partial charge on any atom is 0.253 e. The average molecular weight is 362 g/mol. The number of carbonyl (C=O) groups is 1. The SMILES string of the molecule is CCN(CC)CCCCNC(=NC)NCc1ccc(C(=O)N(C)C)cc1. The summed E-state index contributed by atoms with van der Waals surface area (Å²) < 4.78 is 0. The van der Waals surface area contributed by atoms with Crippen LogP contribution in [-0.2, 0) is 6.54 Å². The Hall–Kier alpha value is -2.08. The smallest absolute Gasteiger partial charge is 0.253 e. The Morgan fingerprint density at radius 2 is 1.69 bits per heavy atom. The van der Waals surface area contributed by atoms with Gasteiger partial charge in [-0.3, -0.25) is 9.79 Å². The highest BCUT2D eigenvalue weighted by atomic mass is 16.2. The van der Waals surface area contributed by atoms with Gasteiger partial charge in [0.25, 0.3) is 5.91 Å². The van der Waals surface area contributed by atoms with Crippen LogP contribution in [0.4, 0.5) is 0 Å². The van der Waals surface area contributed by atoms with Crippen LogP contribution in [0.2, 0.25) is 0 Å². The predicted molar refractivity (Wildman–Crippen MR) is 110 cm³/mol. The molecule has 1 rings (SSSR count). The summed E-state index contributed by atoms with van der Waals surface area (Å²) >= 11 is 0. The number of guanidine groups is 1. The zero-order valence-corrected chi connectivity index (χ0v) is 17.0. The van der Waals surface area contributed by atoms with Gasteiger partial charge < -0.3 is 20.4 Å². The van der Waals surface area contributed by atoms with Crippen LogP contribution in [-0.4, -0.2) is 69.0 Å². The molecule has 0 heterocycles. The summed E-state index contributed by atoms with van der Waals surface area (Å²) in [5, 5.41) is 6.67. The average Bonchev–Trinajstić information content (AvgIpc) is 2.66. The van der Waals surface area contributed by atoms with Crippen LogP contribution < -0.4 is 10.6 Å². The molecule has 0 aliphatic rings. The van der Waals surface area contributed by atoms with E-state index in [0.29, 0.717) is 12.1 Å². The maximum absolute atomic E-state index is 11.9. The highest BCUT2D eigenvalue weighted by molar-refractivity contribution is 5.93. The summed E-state index contributed by atoms with van der Waals surface area (Å²) in [7, 11) is 5.30. The summed E-state index contributed by atoms with van der Waals surface area (Å²) in [5.74, 6) is 0.827. The van der Waals surface area contributed by atoms with Gasteiger partial charge >= 0.3 is 0 Å². The van der Waals surface area contributed by atoms with Gasteiger partial charge in [0, 0.05) is 39.8 Å². The van der Waals surface area contributed by atoms with Crippen molar-refractivity contribution in [2.75, 3.05) is 47.3 Å². The second kappa shape index (κ2) is 12.3. The summed E-state index contributed by atoms with van der Waals surface area (Å²) in [4.78, 5) is 20.2. The number of rotatable bonds is 10. The first kappa shape index (κ1) is 22.0. The minimum Gasteiger partial charge on any atom is -0.356 e. The molecule has 6 nitrogen and oxygen atoms in total. The van der Waals surface area contributed by atoms with Crippen LogP contribution in [0, 0.1) is 0 Å². The number of nitrogens with zero attached hydrogens (tertiary/aromatic N) is 3. The van der Waals surface area contributed by atoms with E-state index in [2.05, 4.69) is 34.4 Å². The molecule has 0 unspecified atom stereocenters. The summed E-state index contributed by atoms with van der Waals surface area (Å²) in [6, 6.07) is 7.67.